The first kappa shape index (κ1) is 36.0. The predicted molar refractivity (Wildman–Crippen MR) is 166 cm³/mol. The fourth-order valence-corrected chi connectivity index (χ4v) is 9.20. The van der Waals surface area contributed by atoms with Crippen LogP contribution in [0.5, 0.6) is 0 Å². The van der Waals surface area contributed by atoms with Crippen LogP contribution in [0.1, 0.15) is 77.5 Å². The molecule has 4 aromatic carbocycles. The average molecular weight is 727 g/mol. The molecule has 0 spiro atoms. The summed E-state index contributed by atoms with van der Waals surface area (Å²) in [5.74, 6) is 3.27. The number of halogens is 5. The molecule has 4 fully saturated rings. The summed E-state index contributed by atoms with van der Waals surface area (Å²) in [6, 6.07) is 28.1. The normalized spacial score (nSPS) is 23.2. The molecular weight excluding hydrogens is 688 g/mol. The van der Waals surface area contributed by atoms with Gasteiger partial charge >= 0.3 is 82.7 Å². The predicted octanol–water partition coefficient (Wildman–Crippen LogP) is 4.25. The van der Waals surface area contributed by atoms with Crippen molar-refractivity contribution in [2.24, 2.45) is 23.2 Å². The van der Waals surface area contributed by atoms with Crippen molar-refractivity contribution < 1.29 is 62.2 Å². The van der Waals surface area contributed by atoms with Gasteiger partial charge in [-0.25, -0.2) is 6.07 Å². The van der Waals surface area contributed by atoms with Crippen LogP contribution in [0.25, 0.3) is 11.1 Å². The second-order valence-electron chi connectivity index (χ2n) is 13.5. The van der Waals surface area contributed by atoms with Crippen LogP contribution < -0.4 is 24.8 Å². The van der Waals surface area contributed by atoms with E-state index in [1.54, 1.807) is 49.7 Å². The van der Waals surface area contributed by atoms with E-state index >= 15 is 0 Å². The van der Waals surface area contributed by atoms with Gasteiger partial charge in [-0.15, -0.1) is 5.56 Å². The number of hydrogen-bond donors (Lipinski definition) is 0. The Morgan fingerprint density at radius 2 is 1.47 bits per heavy atom. The van der Waals surface area contributed by atoms with Gasteiger partial charge < -0.3 is 24.8 Å². The molecule has 0 N–H and O–H groups in total. The number of alkyl halides is 3. The van der Waals surface area contributed by atoms with Gasteiger partial charge in [0, 0.05) is 0 Å². The SMILES string of the molecule is Cc1cc(CC23CC4CC(CC(C4)C2)C3)c(C)[cH-]1.FC(F)(F)c1ccc([CH]=[Zr+2])cc1.[Cl-].[Cl-].[c-]1cccc2c1Cc1ccccc1-2. The first-order valence-electron chi connectivity index (χ1n) is 15.6. The van der Waals surface area contributed by atoms with Gasteiger partial charge in [-0.3, -0.25) is 0 Å². The second-order valence-corrected chi connectivity index (χ2v) is 14.2. The molecule has 0 unspecified atom stereocenters. The Morgan fingerprint density at radius 3 is 2.02 bits per heavy atom. The third-order valence-corrected chi connectivity index (χ3v) is 10.9. The van der Waals surface area contributed by atoms with E-state index in [0.717, 1.165) is 41.9 Å². The molecule has 6 heteroatoms. The Bertz CT molecular complexity index is 1510. The smallest absolute Gasteiger partial charge is 0.0253 e. The first-order chi connectivity index (χ1) is 20.6. The molecule has 4 aromatic rings. The molecule has 236 valence electrons. The van der Waals surface area contributed by atoms with Gasteiger partial charge in [0.1, 0.15) is 0 Å². The third-order valence-electron chi connectivity index (χ3n) is 10.1. The van der Waals surface area contributed by atoms with Crippen molar-refractivity contribution in [3.05, 3.63) is 124 Å². The van der Waals surface area contributed by atoms with Crippen LogP contribution in [0.3, 0.4) is 0 Å². The fraction of sp³-hybridized carbons (Fsp3) is 0.385. The van der Waals surface area contributed by atoms with E-state index in [1.807, 2.05) is 9.78 Å². The quantitative estimate of drug-likeness (QED) is 0.244. The monoisotopic (exact) mass is 724 g/mol. The van der Waals surface area contributed by atoms with E-state index in [1.165, 1.54) is 70.6 Å². The zero-order valence-corrected chi connectivity index (χ0v) is 29.8. The van der Waals surface area contributed by atoms with Gasteiger partial charge in [-0.05, 0) is 68.1 Å². The molecule has 5 aliphatic carbocycles. The molecular formula is C39H39Cl2F3Zr-2. The van der Waals surface area contributed by atoms with Crippen LogP contribution >= 0.6 is 0 Å². The third kappa shape index (κ3) is 8.35. The molecule has 5 aliphatic rings. The van der Waals surface area contributed by atoms with Crippen LogP contribution in [-0.2, 0) is 43.3 Å². The zero-order chi connectivity index (χ0) is 30.2. The average Bonchev–Trinajstić information content (AvgIpc) is 3.50. The van der Waals surface area contributed by atoms with Gasteiger partial charge in [0.25, 0.3) is 0 Å². The van der Waals surface area contributed by atoms with E-state index in [-0.39, 0.29) is 24.8 Å². The second kappa shape index (κ2) is 14.9. The van der Waals surface area contributed by atoms with Crippen LogP contribution in [0.4, 0.5) is 13.2 Å². The van der Waals surface area contributed by atoms with Gasteiger partial charge in [0.2, 0.25) is 0 Å². The van der Waals surface area contributed by atoms with Gasteiger partial charge in [0.15, 0.2) is 0 Å². The Hall–Kier alpha value is -1.87. The topological polar surface area (TPSA) is 0 Å². The van der Waals surface area contributed by atoms with Crippen molar-refractivity contribution in [2.45, 2.75) is 71.4 Å². The molecule has 0 aliphatic heterocycles. The van der Waals surface area contributed by atoms with E-state index in [9.17, 15) is 13.2 Å². The van der Waals surface area contributed by atoms with E-state index in [2.05, 4.69) is 68.4 Å². The molecule has 4 saturated carbocycles. The van der Waals surface area contributed by atoms with E-state index in [0.29, 0.717) is 5.41 Å². The van der Waals surface area contributed by atoms with Crippen LogP contribution in [0, 0.1) is 43.1 Å². The van der Waals surface area contributed by atoms with Crippen molar-refractivity contribution in [3.63, 3.8) is 0 Å². The van der Waals surface area contributed by atoms with E-state index in [4.69, 9.17) is 0 Å². The Labute approximate surface area is 293 Å². The first-order valence-corrected chi connectivity index (χ1v) is 17.0. The summed E-state index contributed by atoms with van der Waals surface area (Å²) >= 11 is 1.18. The zero-order valence-electron chi connectivity index (χ0n) is 25.9. The maximum absolute atomic E-state index is 12.0. The molecule has 0 atom stereocenters. The molecule has 45 heavy (non-hydrogen) atoms. The summed E-state index contributed by atoms with van der Waals surface area (Å²) in [6.07, 6.45) is 7.55. The summed E-state index contributed by atoms with van der Waals surface area (Å²) < 4.78 is 37.9. The fourth-order valence-electron chi connectivity index (χ4n) is 8.73. The van der Waals surface area contributed by atoms with Crippen LogP contribution in [-0.4, -0.2) is 3.71 Å². The molecule has 0 heterocycles. The molecule has 0 radical (unpaired) electrons. The Balaban J connectivity index is 0.000000155. The number of benzene rings is 3. The van der Waals surface area contributed by atoms with Crippen molar-refractivity contribution in [3.8, 4) is 11.1 Å². The summed E-state index contributed by atoms with van der Waals surface area (Å²) in [4.78, 5) is 0. The van der Waals surface area contributed by atoms with Gasteiger partial charge in [-0.1, -0.05) is 55.7 Å². The number of fused-ring (bicyclic) bond motifs is 3. The standard InChI is InChI=1S/C18H25.C13H9.C8H5F3.2ClH.Zr/c1-12-3-13(2)17(4-12)11-18-8-14-5-15(9-18)7-16(6-14)10-18;1-3-7-12-10(5-1)9-11-6-2-4-8-13(11)12;1-6-2-4-7(5-3-6)8(9,10)11;;;/h3-4,14-16H,5-11H2,1-2H3;1-5,7-8H,9H2;1-5H;2*1H;/q2*-1;;;;+2/p-2. The van der Waals surface area contributed by atoms with E-state index < -0.39 is 11.7 Å². The minimum absolute atomic E-state index is 0. The van der Waals surface area contributed by atoms with Crippen LogP contribution in [0.2, 0.25) is 0 Å². The number of aryl methyl sites for hydroxylation is 2. The van der Waals surface area contributed by atoms with Crippen molar-refractivity contribution >= 4 is 3.71 Å². The Morgan fingerprint density at radius 1 is 0.867 bits per heavy atom. The molecule has 4 bridgehead atoms. The minimum atomic E-state index is -4.22. The van der Waals surface area contributed by atoms with Crippen LogP contribution in [0.15, 0.2) is 78.9 Å². The van der Waals surface area contributed by atoms with Gasteiger partial charge in [-0.2, -0.15) is 52.6 Å². The summed E-state index contributed by atoms with van der Waals surface area (Å²) in [6.45, 7) is 4.55. The van der Waals surface area contributed by atoms with Gasteiger partial charge in [0.05, 0.1) is 0 Å². The van der Waals surface area contributed by atoms with Crippen molar-refractivity contribution in [1.82, 2.24) is 0 Å². The molecule has 9 rings (SSSR count). The number of rotatable bonds is 3. The molecule has 0 nitrogen and oxygen atoms in total. The van der Waals surface area contributed by atoms with Crippen molar-refractivity contribution in [1.29, 1.82) is 0 Å². The van der Waals surface area contributed by atoms with Crippen molar-refractivity contribution in [2.75, 3.05) is 0 Å². The maximum atomic E-state index is 12.0. The molecule has 0 saturated heterocycles. The minimum Gasteiger partial charge on any atom is -1.00 e. The Kier molecular flexibility index (Phi) is 11.9. The summed E-state index contributed by atoms with van der Waals surface area (Å²) in [5, 5.41) is 0. The summed E-state index contributed by atoms with van der Waals surface area (Å²) in [7, 11) is 0. The largest absolute Gasteiger partial charge is 1.00 e. The molecule has 0 amide bonds. The molecule has 0 aromatic heterocycles. The maximum Gasteiger partial charge on any atom is -0.0253 e. The summed E-state index contributed by atoms with van der Waals surface area (Å²) in [5.41, 5.74) is 11.1. The number of hydrogen-bond acceptors (Lipinski definition) is 0.